The molecule has 55 heavy (non-hydrogen) atoms. The summed E-state index contributed by atoms with van der Waals surface area (Å²) in [6.45, 7) is 0. The molecule has 0 aromatic heterocycles. The molecule has 292 valence electrons. The molecule has 0 amide bonds. The van der Waals surface area contributed by atoms with Crippen molar-refractivity contribution in [2.24, 2.45) is 0 Å². The lowest BCUT2D eigenvalue weighted by atomic mass is 10.4. The molecule has 0 aliphatic rings. The Hall–Kier alpha value is -4.62. The Balaban J connectivity index is 0.000000273. The Morgan fingerprint density at radius 3 is 0.527 bits per heavy atom. The zero-order valence-corrected chi connectivity index (χ0v) is 31.4. The quantitative estimate of drug-likeness (QED) is 0.0709. The van der Waals surface area contributed by atoms with E-state index in [1.807, 2.05) is 0 Å². The molecule has 0 unspecified atom stereocenters. The van der Waals surface area contributed by atoms with Gasteiger partial charge in [-0.3, -0.25) is 0 Å². The summed E-state index contributed by atoms with van der Waals surface area (Å²) in [5.74, 6) is 0. The van der Waals surface area contributed by atoms with Gasteiger partial charge in [-0.2, -0.15) is 26.3 Å². The van der Waals surface area contributed by atoms with E-state index in [1.54, 1.807) is 0 Å². The van der Waals surface area contributed by atoms with Gasteiger partial charge in [-0.1, -0.05) is 109 Å². The van der Waals surface area contributed by atoms with Crippen LogP contribution in [0.5, 0.6) is 0 Å². The Labute approximate surface area is 320 Å². The fraction of sp³-hybridized carbons (Fsp3) is 0.0526. The SMILES string of the molecule is O.O=S(=O)([O-])C(F)(F)F.O=S(=O)([O-])C(F)(F)F.c1ccc([S+](c2ccccc2)c2ccccc2)cc1.c1ccc([S+](c2ccccc2)c2ccccc2)cc1. The van der Waals surface area contributed by atoms with Crippen LogP contribution in [0.25, 0.3) is 0 Å². The van der Waals surface area contributed by atoms with E-state index in [1.165, 1.54) is 29.4 Å². The number of rotatable bonds is 6. The third-order valence-corrected chi connectivity index (χ3v) is 12.0. The molecule has 0 spiro atoms. The summed E-state index contributed by atoms with van der Waals surface area (Å²) >= 11 is 0. The van der Waals surface area contributed by atoms with Crippen molar-refractivity contribution in [3.63, 3.8) is 0 Å². The highest BCUT2D eigenvalue weighted by molar-refractivity contribution is 7.97. The van der Waals surface area contributed by atoms with Gasteiger partial charge in [0, 0.05) is 0 Å². The number of halogens is 6. The van der Waals surface area contributed by atoms with Crippen LogP contribution >= 0.6 is 0 Å². The molecule has 0 bridgehead atoms. The monoisotopic (exact) mass is 842 g/mol. The Kier molecular flexibility index (Phi) is 18.2. The van der Waals surface area contributed by atoms with E-state index in [-0.39, 0.29) is 27.3 Å². The molecule has 0 aliphatic carbocycles. The molecule has 0 atom stereocenters. The summed E-state index contributed by atoms with van der Waals surface area (Å²) in [5, 5.41) is 0. The highest BCUT2D eigenvalue weighted by atomic mass is 32.2. The molecular weight excluding hydrogens is 811 g/mol. The van der Waals surface area contributed by atoms with Gasteiger partial charge in [-0.05, 0) is 72.8 Å². The zero-order chi connectivity index (χ0) is 39.8. The standard InChI is InChI=1S/2C18H15S.2CHF3O3S.H2O/c2*1-4-10-16(11-5-1)19(17-12-6-2-7-13-17)18-14-8-3-9-15-18;2*2-1(3,4)8(5,6)7;/h2*1-15H;2*(H,5,6,7);1H2/q2*+1;;;/p-2. The Morgan fingerprint density at radius 2 is 0.436 bits per heavy atom. The summed E-state index contributed by atoms with van der Waals surface area (Å²) in [5.41, 5.74) is -11.3. The van der Waals surface area contributed by atoms with Gasteiger partial charge in [0.15, 0.2) is 49.6 Å². The fourth-order valence-corrected chi connectivity index (χ4v) is 8.36. The van der Waals surface area contributed by atoms with E-state index in [4.69, 9.17) is 25.9 Å². The topological polar surface area (TPSA) is 146 Å². The lowest BCUT2D eigenvalue weighted by Crippen LogP contribution is -2.21. The van der Waals surface area contributed by atoms with Crippen LogP contribution in [-0.2, 0) is 42.0 Å². The van der Waals surface area contributed by atoms with Crippen LogP contribution in [0.15, 0.2) is 211 Å². The van der Waals surface area contributed by atoms with Gasteiger partial charge < -0.3 is 14.6 Å². The van der Waals surface area contributed by atoms with Crippen LogP contribution in [0.1, 0.15) is 0 Å². The van der Waals surface area contributed by atoms with Crippen molar-refractivity contribution in [3.05, 3.63) is 182 Å². The molecule has 6 aromatic rings. The van der Waals surface area contributed by atoms with Crippen molar-refractivity contribution >= 4 is 42.0 Å². The number of hydrogen-bond donors (Lipinski definition) is 0. The summed E-state index contributed by atoms with van der Waals surface area (Å²) < 4.78 is 118. The smallest absolute Gasteiger partial charge is 0.485 e. The third-order valence-electron chi connectivity index (χ3n) is 6.44. The average Bonchev–Trinajstić information content (AvgIpc) is 3.14. The first-order valence-corrected chi connectivity index (χ1v) is 20.5. The summed E-state index contributed by atoms with van der Waals surface area (Å²) in [6, 6.07) is 64.3. The van der Waals surface area contributed by atoms with Gasteiger partial charge in [0.1, 0.15) is 0 Å². The highest BCUT2D eigenvalue weighted by Gasteiger charge is 2.37. The zero-order valence-electron chi connectivity index (χ0n) is 28.2. The second kappa shape index (κ2) is 21.5. The molecular formula is C38H32F6O7S4. The van der Waals surface area contributed by atoms with Crippen molar-refractivity contribution in [2.45, 2.75) is 40.4 Å². The van der Waals surface area contributed by atoms with E-state index < -0.39 is 31.3 Å². The van der Waals surface area contributed by atoms with Crippen molar-refractivity contribution in [3.8, 4) is 0 Å². The lowest BCUT2D eigenvalue weighted by molar-refractivity contribution is -0.0522. The van der Waals surface area contributed by atoms with Gasteiger partial charge in [-0.25, -0.2) is 16.8 Å². The molecule has 7 nitrogen and oxygen atoms in total. The van der Waals surface area contributed by atoms with E-state index in [2.05, 4.69) is 182 Å². The largest absolute Gasteiger partial charge is 0.741 e. The predicted molar refractivity (Wildman–Crippen MR) is 198 cm³/mol. The number of hydrogen-bond acceptors (Lipinski definition) is 6. The fourth-order valence-electron chi connectivity index (χ4n) is 4.16. The van der Waals surface area contributed by atoms with Crippen LogP contribution in [0.4, 0.5) is 26.3 Å². The van der Waals surface area contributed by atoms with Crippen LogP contribution in [0.2, 0.25) is 0 Å². The molecule has 2 N–H and O–H groups in total. The van der Waals surface area contributed by atoms with Crippen molar-refractivity contribution in [1.29, 1.82) is 0 Å². The second-order valence-corrected chi connectivity index (χ2v) is 17.1. The maximum absolute atomic E-state index is 10.7. The van der Waals surface area contributed by atoms with Crippen molar-refractivity contribution < 1.29 is 57.8 Å². The summed E-state index contributed by atoms with van der Waals surface area (Å²) in [6.07, 6.45) is 0. The second-order valence-electron chi connectivity index (χ2n) is 10.3. The van der Waals surface area contributed by atoms with Gasteiger partial charge in [0.2, 0.25) is 0 Å². The first-order chi connectivity index (χ1) is 25.4. The van der Waals surface area contributed by atoms with E-state index >= 15 is 0 Å². The number of alkyl halides is 6. The Bertz CT molecular complexity index is 1840. The van der Waals surface area contributed by atoms with Crippen molar-refractivity contribution in [1.82, 2.24) is 0 Å². The van der Waals surface area contributed by atoms with Crippen LogP contribution in [-0.4, -0.2) is 42.4 Å². The molecule has 17 heteroatoms. The third kappa shape index (κ3) is 15.2. The molecule has 0 saturated carbocycles. The van der Waals surface area contributed by atoms with E-state index in [0.717, 1.165) is 0 Å². The van der Waals surface area contributed by atoms with Crippen molar-refractivity contribution in [2.75, 3.05) is 0 Å². The lowest BCUT2D eigenvalue weighted by Gasteiger charge is -2.08. The van der Waals surface area contributed by atoms with Gasteiger partial charge in [0.25, 0.3) is 0 Å². The van der Waals surface area contributed by atoms with Crippen LogP contribution in [0, 0.1) is 0 Å². The molecule has 0 fully saturated rings. The first kappa shape index (κ1) is 46.5. The molecule has 0 radical (unpaired) electrons. The van der Waals surface area contributed by atoms with Crippen LogP contribution < -0.4 is 0 Å². The van der Waals surface area contributed by atoms with Gasteiger partial charge in [0.05, 0.1) is 21.8 Å². The Morgan fingerprint density at radius 1 is 0.327 bits per heavy atom. The predicted octanol–water partition coefficient (Wildman–Crippen LogP) is 8.84. The molecule has 6 aromatic carbocycles. The molecule has 6 rings (SSSR count). The molecule has 0 heterocycles. The molecule has 0 saturated heterocycles. The average molecular weight is 843 g/mol. The van der Waals surface area contributed by atoms with Gasteiger partial charge >= 0.3 is 11.0 Å². The van der Waals surface area contributed by atoms with E-state index in [0.29, 0.717) is 0 Å². The number of benzene rings is 6. The van der Waals surface area contributed by atoms with Gasteiger partial charge in [-0.15, -0.1) is 0 Å². The molecule has 0 aliphatic heterocycles. The minimum absolute atomic E-state index is 0. The normalized spacial score (nSPS) is 11.4. The highest BCUT2D eigenvalue weighted by Crippen LogP contribution is 2.32. The first-order valence-electron chi connectivity index (χ1n) is 15.2. The maximum atomic E-state index is 10.7. The maximum Gasteiger partial charge on any atom is 0.485 e. The minimum atomic E-state index is -6.09. The van der Waals surface area contributed by atoms with Crippen LogP contribution in [0.3, 0.4) is 0 Å². The summed E-state index contributed by atoms with van der Waals surface area (Å²) in [7, 11) is -12.2. The van der Waals surface area contributed by atoms with E-state index in [9.17, 15) is 26.3 Å². The summed E-state index contributed by atoms with van der Waals surface area (Å²) in [4.78, 5) is 8.17. The minimum Gasteiger partial charge on any atom is -0.741 e.